The molecule has 0 aliphatic rings. The fourth-order valence-electron chi connectivity index (χ4n) is 2.20. The van der Waals surface area contributed by atoms with Gasteiger partial charge in [0.05, 0.1) is 6.42 Å². The number of alkyl halides is 3. The van der Waals surface area contributed by atoms with E-state index < -0.39 is 12.6 Å². The van der Waals surface area contributed by atoms with Crippen molar-refractivity contribution in [3.63, 3.8) is 0 Å². The second-order valence-corrected chi connectivity index (χ2v) is 6.36. The zero-order valence-corrected chi connectivity index (χ0v) is 14.9. The highest BCUT2D eigenvalue weighted by molar-refractivity contribution is 5.96. The maximum atomic E-state index is 12.4. The number of halogens is 3. The minimum Gasteiger partial charge on any atom is -0.348 e. The fraction of sp³-hybridized carbons (Fsp3) is 0.316. The first-order chi connectivity index (χ1) is 12.6. The van der Waals surface area contributed by atoms with Gasteiger partial charge in [0.25, 0.3) is 5.91 Å². The molecule has 0 fully saturated rings. The van der Waals surface area contributed by atoms with Crippen LogP contribution in [0.4, 0.5) is 19.0 Å². The second kappa shape index (κ2) is 8.66. The smallest absolute Gasteiger partial charge is 0.348 e. The Labute approximate surface area is 155 Å². The summed E-state index contributed by atoms with van der Waals surface area (Å²) >= 11 is 0. The molecule has 1 aromatic heterocycles. The number of hydrogen-bond donors (Lipinski definition) is 2. The van der Waals surface area contributed by atoms with E-state index >= 15 is 0 Å². The molecule has 2 aromatic rings. The monoisotopic (exact) mass is 379 g/mol. The fourth-order valence-corrected chi connectivity index (χ4v) is 2.20. The van der Waals surface area contributed by atoms with Crippen molar-refractivity contribution in [2.24, 2.45) is 5.92 Å². The van der Waals surface area contributed by atoms with Crippen LogP contribution in [0.3, 0.4) is 0 Å². The predicted octanol–water partition coefficient (Wildman–Crippen LogP) is 3.71. The van der Waals surface area contributed by atoms with Crippen LogP contribution in [0.5, 0.6) is 0 Å². The van der Waals surface area contributed by atoms with Gasteiger partial charge >= 0.3 is 6.18 Å². The summed E-state index contributed by atoms with van der Waals surface area (Å²) in [6, 6.07) is 8.83. The average molecular weight is 379 g/mol. The molecular weight excluding hydrogens is 359 g/mol. The Morgan fingerprint density at radius 2 is 1.70 bits per heavy atom. The van der Waals surface area contributed by atoms with Crippen molar-refractivity contribution in [1.82, 2.24) is 10.3 Å². The molecule has 0 aliphatic heterocycles. The van der Waals surface area contributed by atoms with Gasteiger partial charge in [-0.15, -0.1) is 0 Å². The number of nitrogens with zero attached hydrogens (tertiary/aromatic N) is 1. The number of anilines is 1. The number of hydrogen-bond acceptors (Lipinski definition) is 3. The van der Waals surface area contributed by atoms with Crippen LogP contribution in [0.15, 0.2) is 42.6 Å². The normalized spacial score (nSPS) is 11.3. The van der Waals surface area contributed by atoms with E-state index in [1.54, 1.807) is 26.0 Å². The van der Waals surface area contributed by atoms with Gasteiger partial charge < -0.3 is 10.6 Å². The van der Waals surface area contributed by atoms with Gasteiger partial charge in [-0.2, -0.15) is 13.2 Å². The Hall–Kier alpha value is -2.90. The van der Waals surface area contributed by atoms with Crippen LogP contribution < -0.4 is 10.6 Å². The van der Waals surface area contributed by atoms with Gasteiger partial charge in [0.1, 0.15) is 5.82 Å². The van der Waals surface area contributed by atoms with Crippen LogP contribution >= 0.6 is 0 Å². The van der Waals surface area contributed by atoms with E-state index in [1.807, 2.05) is 0 Å². The molecule has 144 valence electrons. The highest BCUT2D eigenvalue weighted by Crippen LogP contribution is 2.21. The molecule has 27 heavy (non-hydrogen) atoms. The van der Waals surface area contributed by atoms with Gasteiger partial charge in [0.15, 0.2) is 0 Å². The van der Waals surface area contributed by atoms with Gasteiger partial charge in [-0.25, -0.2) is 4.98 Å². The molecular formula is C19H20F3N3O2. The second-order valence-electron chi connectivity index (χ2n) is 6.36. The van der Waals surface area contributed by atoms with E-state index in [0.29, 0.717) is 11.1 Å². The van der Waals surface area contributed by atoms with E-state index in [4.69, 9.17) is 0 Å². The molecule has 0 radical (unpaired) electrons. The third kappa shape index (κ3) is 6.73. The van der Waals surface area contributed by atoms with Crippen LogP contribution in [-0.4, -0.2) is 23.0 Å². The summed E-state index contributed by atoms with van der Waals surface area (Å²) in [5, 5.41) is 5.30. The van der Waals surface area contributed by atoms with Gasteiger partial charge in [-0.1, -0.05) is 38.1 Å². The number of carbonyl (C=O) groups is 2. The first-order valence-electron chi connectivity index (χ1n) is 8.34. The molecule has 5 nitrogen and oxygen atoms in total. The zero-order valence-electron chi connectivity index (χ0n) is 14.9. The number of pyridine rings is 1. The van der Waals surface area contributed by atoms with Gasteiger partial charge in [0, 0.05) is 24.2 Å². The number of rotatable bonds is 6. The maximum absolute atomic E-state index is 12.4. The van der Waals surface area contributed by atoms with Crippen molar-refractivity contribution < 1.29 is 22.8 Å². The Kier molecular flexibility index (Phi) is 6.55. The number of nitrogens with one attached hydrogen (secondary N) is 2. The molecule has 2 N–H and O–H groups in total. The Bertz CT molecular complexity index is 803. The van der Waals surface area contributed by atoms with Crippen LogP contribution in [0.1, 0.15) is 35.3 Å². The van der Waals surface area contributed by atoms with Crippen LogP contribution in [0.25, 0.3) is 0 Å². The molecule has 0 unspecified atom stereocenters. The van der Waals surface area contributed by atoms with Crippen molar-refractivity contribution in [3.8, 4) is 0 Å². The molecule has 1 aromatic carbocycles. The highest BCUT2D eigenvalue weighted by atomic mass is 19.4. The number of aromatic nitrogens is 1. The standard InChI is InChI=1S/C19H20F3N3O2/c1-12(2)17(26)25-16-9-15(7-8-23-16)18(27)24-11-14-5-3-13(4-6-14)10-19(20,21)22/h3-9,12H,10-11H2,1-2H3,(H,24,27)(H,23,25,26). The largest absolute Gasteiger partial charge is 0.393 e. The molecule has 2 amide bonds. The molecule has 0 saturated carbocycles. The molecule has 2 rings (SSSR count). The van der Waals surface area contributed by atoms with Crippen LogP contribution in [-0.2, 0) is 17.8 Å². The van der Waals surface area contributed by atoms with Crippen molar-refractivity contribution in [2.75, 3.05) is 5.32 Å². The Balaban J connectivity index is 1.94. The third-order valence-electron chi connectivity index (χ3n) is 3.68. The summed E-state index contributed by atoms with van der Waals surface area (Å²) in [6.07, 6.45) is -3.82. The summed E-state index contributed by atoms with van der Waals surface area (Å²) in [5.41, 5.74) is 1.16. The SMILES string of the molecule is CC(C)C(=O)Nc1cc(C(=O)NCc2ccc(CC(F)(F)F)cc2)ccn1. The van der Waals surface area contributed by atoms with Gasteiger partial charge in [0.2, 0.25) is 5.91 Å². The van der Waals surface area contributed by atoms with Gasteiger partial charge in [-0.05, 0) is 23.3 Å². The zero-order chi connectivity index (χ0) is 20.0. The van der Waals surface area contributed by atoms with Crippen molar-refractivity contribution in [2.45, 2.75) is 33.0 Å². The quantitative estimate of drug-likeness (QED) is 0.804. The number of benzene rings is 1. The van der Waals surface area contributed by atoms with Crippen LogP contribution in [0.2, 0.25) is 0 Å². The molecule has 0 saturated heterocycles. The Morgan fingerprint density at radius 3 is 2.30 bits per heavy atom. The average Bonchev–Trinajstić information content (AvgIpc) is 2.59. The molecule has 0 aliphatic carbocycles. The minimum absolute atomic E-state index is 0.164. The lowest BCUT2D eigenvalue weighted by Gasteiger charge is -2.10. The summed E-state index contributed by atoms with van der Waals surface area (Å²) in [7, 11) is 0. The minimum atomic E-state index is -4.25. The number of carbonyl (C=O) groups excluding carboxylic acids is 2. The maximum Gasteiger partial charge on any atom is 0.393 e. The lowest BCUT2D eigenvalue weighted by atomic mass is 10.1. The van der Waals surface area contributed by atoms with E-state index in [0.717, 1.165) is 0 Å². The van der Waals surface area contributed by atoms with Crippen molar-refractivity contribution in [1.29, 1.82) is 0 Å². The van der Waals surface area contributed by atoms with E-state index in [1.165, 1.54) is 30.5 Å². The van der Waals surface area contributed by atoms with E-state index in [2.05, 4.69) is 15.6 Å². The molecule has 0 atom stereocenters. The Morgan fingerprint density at radius 1 is 1.07 bits per heavy atom. The summed E-state index contributed by atoms with van der Waals surface area (Å²) in [4.78, 5) is 27.9. The molecule has 1 heterocycles. The lowest BCUT2D eigenvalue weighted by molar-refractivity contribution is -0.127. The summed E-state index contributed by atoms with van der Waals surface area (Å²) in [6.45, 7) is 3.65. The topological polar surface area (TPSA) is 71.1 Å². The highest BCUT2D eigenvalue weighted by Gasteiger charge is 2.27. The summed E-state index contributed by atoms with van der Waals surface area (Å²) in [5.74, 6) is -0.529. The first kappa shape index (κ1) is 20.4. The number of amides is 2. The van der Waals surface area contributed by atoms with Crippen LogP contribution in [0, 0.1) is 5.92 Å². The van der Waals surface area contributed by atoms with Crippen molar-refractivity contribution in [3.05, 3.63) is 59.3 Å². The van der Waals surface area contributed by atoms with Gasteiger partial charge in [-0.3, -0.25) is 9.59 Å². The molecule has 0 bridgehead atoms. The van der Waals surface area contributed by atoms with Crippen molar-refractivity contribution >= 4 is 17.6 Å². The summed E-state index contributed by atoms with van der Waals surface area (Å²) < 4.78 is 37.1. The van der Waals surface area contributed by atoms with E-state index in [-0.39, 0.29) is 35.7 Å². The third-order valence-corrected chi connectivity index (χ3v) is 3.68. The molecule has 0 spiro atoms. The first-order valence-corrected chi connectivity index (χ1v) is 8.34. The molecule has 8 heteroatoms. The predicted molar refractivity (Wildman–Crippen MR) is 95.1 cm³/mol. The lowest BCUT2D eigenvalue weighted by Crippen LogP contribution is -2.23. The van der Waals surface area contributed by atoms with E-state index in [9.17, 15) is 22.8 Å².